The number of fused-ring (bicyclic) bond motifs is 1. The van der Waals surface area contributed by atoms with Crippen LogP contribution in [0.5, 0.6) is 0 Å². The standard InChI is InChI=1S/C27H31N5O2S/c1-6-27(4,5)28-26(34)25(23-12-9-15-35-23)32(22-16-18(2)13-14-19(22)3)24(33)17-31-21-11-8-7-10-20(21)29-30-31/h7-16,25H,6,17H2,1-5H3,(H,28,34)/t25-/m0/s1. The Morgan fingerprint density at radius 1 is 1.11 bits per heavy atom. The summed E-state index contributed by atoms with van der Waals surface area (Å²) >= 11 is 1.46. The molecule has 0 fully saturated rings. The van der Waals surface area contributed by atoms with Crippen molar-refractivity contribution in [2.24, 2.45) is 0 Å². The van der Waals surface area contributed by atoms with Crippen molar-refractivity contribution in [3.05, 3.63) is 76.0 Å². The second kappa shape index (κ2) is 10.00. The number of carbonyl (C=O) groups is 2. The Bertz CT molecular complexity index is 1340. The number of para-hydroxylation sites is 1. The van der Waals surface area contributed by atoms with Gasteiger partial charge in [0.1, 0.15) is 18.1 Å². The first-order valence-corrected chi connectivity index (χ1v) is 12.6. The predicted molar refractivity (Wildman–Crippen MR) is 141 cm³/mol. The van der Waals surface area contributed by atoms with Crippen LogP contribution in [0.2, 0.25) is 0 Å². The highest BCUT2D eigenvalue weighted by Crippen LogP contribution is 2.34. The molecule has 8 heteroatoms. The normalized spacial score (nSPS) is 12.5. The van der Waals surface area contributed by atoms with Gasteiger partial charge in [0.25, 0.3) is 0 Å². The third-order valence-electron chi connectivity index (χ3n) is 6.26. The second-order valence-corrected chi connectivity index (χ2v) is 10.4. The zero-order chi connectivity index (χ0) is 25.2. The average molecular weight is 490 g/mol. The summed E-state index contributed by atoms with van der Waals surface area (Å²) in [5.74, 6) is -0.450. The maximum Gasteiger partial charge on any atom is 0.249 e. The van der Waals surface area contributed by atoms with Crippen LogP contribution in [0.3, 0.4) is 0 Å². The van der Waals surface area contributed by atoms with Crippen molar-refractivity contribution in [1.29, 1.82) is 0 Å². The van der Waals surface area contributed by atoms with Crippen molar-refractivity contribution in [2.45, 2.75) is 59.2 Å². The van der Waals surface area contributed by atoms with E-state index in [0.717, 1.165) is 33.5 Å². The van der Waals surface area contributed by atoms with Crippen LogP contribution in [0.25, 0.3) is 11.0 Å². The maximum atomic E-state index is 14.1. The van der Waals surface area contributed by atoms with E-state index in [4.69, 9.17) is 0 Å². The maximum absolute atomic E-state index is 14.1. The summed E-state index contributed by atoms with van der Waals surface area (Å²) in [5.41, 5.74) is 3.71. The molecule has 182 valence electrons. The molecule has 4 aromatic rings. The molecule has 2 amide bonds. The van der Waals surface area contributed by atoms with Crippen molar-refractivity contribution < 1.29 is 9.59 Å². The monoisotopic (exact) mass is 489 g/mol. The van der Waals surface area contributed by atoms with Crippen LogP contribution in [0, 0.1) is 13.8 Å². The Morgan fingerprint density at radius 2 is 1.89 bits per heavy atom. The highest BCUT2D eigenvalue weighted by atomic mass is 32.1. The van der Waals surface area contributed by atoms with Gasteiger partial charge in [-0.3, -0.25) is 14.5 Å². The topological polar surface area (TPSA) is 80.1 Å². The van der Waals surface area contributed by atoms with Crippen molar-refractivity contribution in [3.63, 3.8) is 0 Å². The smallest absolute Gasteiger partial charge is 0.249 e. The highest BCUT2D eigenvalue weighted by molar-refractivity contribution is 7.10. The molecular formula is C27H31N5O2S. The molecule has 0 saturated heterocycles. The number of aromatic nitrogens is 3. The SMILES string of the molecule is CCC(C)(C)NC(=O)[C@H](c1cccs1)N(C(=O)Cn1nnc2ccccc21)c1cc(C)ccc1C. The lowest BCUT2D eigenvalue weighted by Crippen LogP contribution is -2.51. The Morgan fingerprint density at radius 3 is 2.60 bits per heavy atom. The molecule has 0 radical (unpaired) electrons. The molecule has 0 spiro atoms. The van der Waals surface area contributed by atoms with Gasteiger partial charge in [-0.15, -0.1) is 16.4 Å². The number of amides is 2. The van der Waals surface area contributed by atoms with E-state index in [-0.39, 0.29) is 18.4 Å². The minimum atomic E-state index is -0.816. The number of hydrogen-bond acceptors (Lipinski definition) is 5. The Labute approximate surface area is 209 Å². The van der Waals surface area contributed by atoms with Crippen molar-refractivity contribution in [3.8, 4) is 0 Å². The van der Waals surface area contributed by atoms with Crippen molar-refractivity contribution in [2.75, 3.05) is 4.90 Å². The zero-order valence-corrected chi connectivity index (χ0v) is 21.6. The number of benzene rings is 2. The third-order valence-corrected chi connectivity index (χ3v) is 7.19. The van der Waals surface area contributed by atoms with Gasteiger partial charge in [-0.25, -0.2) is 4.68 Å². The third kappa shape index (κ3) is 5.27. The molecule has 0 aliphatic rings. The first-order chi connectivity index (χ1) is 16.7. The Kier molecular flexibility index (Phi) is 7.03. The lowest BCUT2D eigenvalue weighted by molar-refractivity contribution is -0.128. The van der Waals surface area contributed by atoms with Gasteiger partial charge in [0.15, 0.2) is 0 Å². The molecule has 1 N–H and O–H groups in total. The van der Waals surface area contributed by atoms with Crippen LogP contribution in [-0.4, -0.2) is 32.3 Å². The van der Waals surface area contributed by atoms with E-state index >= 15 is 0 Å². The summed E-state index contributed by atoms with van der Waals surface area (Å²) in [6.07, 6.45) is 0.762. The number of hydrogen-bond donors (Lipinski definition) is 1. The van der Waals surface area contributed by atoms with Gasteiger partial charge in [0, 0.05) is 16.1 Å². The minimum Gasteiger partial charge on any atom is -0.349 e. The largest absolute Gasteiger partial charge is 0.349 e. The molecule has 7 nitrogen and oxygen atoms in total. The van der Waals surface area contributed by atoms with Gasteiger partial charge in [0.05, 0.1) is 5.52 Å². The van der Waals surface area contributed by atoms with Gasteiger partial charge in [-0.1, -0.05) is 42.5 Å². The zero-order valence-electron chi connectivity index (χ0n) is 20.8. The molecule has 0 aliphatic heterocycles. The lowest BCUT2D eigenvalue weighted by atomic mass is 10.00. The summed E-state index contributed by atoms with van der Waals surface area (Å²) in [4.78, 5) is 30.3. The number of carbonyl (C=O) groups excluding carboxylic acids is 2. The number of anilines is 1. The van der Waals surface area contributed by atoms with Gasteiger partial charge in [0.2, 0.25) is 11.8 Å². The number of nitrogens with one attached hydrogen (secondary N) is 1. The van der Waals surface area contributed by atoms with E-state index in [0.29, 0.717) is 5.69 Å². The summed E-state index contributed by atoms with van der Waals surface area (Å²) in [5, 5.41) is 13.5. The molecule has 0 aliphatic carbocycles. The predicted octanol–water partition coefficient (Wildman–Crippen LogP) is 5.19. The van der Waals surface area contributed by atoms with E-state index in [9.17, 15) is 9.59 Å². The summed E-state index contributed by atoms with van der Waals surface area (Å²) in [6.45, 7) is 9.91. The van der Waals surface area contributed by atoms with Crippen LogP contribution in [0.15, 0.2) is 60.0 Å². The highest BCUT2D eigenvalue weighted by Gasteiger charge is 2.36. The van der Waals surface area contributed by atoms with Crippen LogP contribution < -0.4 is 10.2 Å². The molecular weight excluding hydrogens is 458 g/mol. The first kappa shape index (κ1) is 24.6. The summed E-state index contributed by atoms with van der Waals surface area (Å²) < 4.78 is 1.59. The Hall–Kier alpha value is -3.52. The molecule has 4 rings (SSSR count). The fourth-order valence-corrected chi connectivity index (χ4v) is 4.76. The Balaban J connectivity index is 1.82. The second-order valence-electron chi connectivity index (χ2n) is 9.43. The van der Waals surface area contributed by atoms with Crippen LogP contribution in [-0.2, 0) is 16.1 Å². The van der Waals surface area contributed by atoms with E-state index in [1.807, 2.05) is 94.6 Å². The van der Waals surface area contributed by atoms with Crippen LogP contribution >= 0.6 is 11.3 Å². The summed E-state index contributed by atoms with van der Waals surface area (Å²) in [6, 6.07) is 16.5. The molecule has 0 bridgehead atoms. The van der Waals surface area contributed by atoms with Gasteiger partial charge < -0.3 is 5.32 Å². The first-order valence-electron chi connectivity index (χ1n) is 11.7. The van der Waals surface area contributed by atoms with E-state index in [1.165, 1.54) is 11.3 Å². The fourth-order valence-electron chi connectivity index (χ4n) is 3.95. The van der Waals surface area contributed by atoms with Gasteiger partial charge >= 0.3 is 0 Å². The minimum absolute atomic E-state index is 0.0414. The quantitative estimate of drug-likeness (QED) is 0.369. The molecule has 35 heavy (non-hydrogen) atoms. The van der Waals surface area contributed by atoms with Gasteiger partial charge in [-0.05, 0) is 74.9 Å². The molecule has 2 aromatic carbocycles. The van der Waals surface area contributed by atoms with E-state index in [2.05, 4.69) is 15.6 Å². The van der Waals surface area contributed by atoms with Crippen LogP contribution in [0.4, 0.5) is 5.69 Å². The van der Waals surface area contributed by atoms with Crippen molar-refractivity contribution in [1.82, 2.24) is 20.3 Å². The van der Waals surface area contributed by atoms with Crippen LogP contribution in [0.1, 0.15) is 49.2 Å². The molecule has 1 atom stereocenters. The lowest BCUT2D eigenvalue weighted by Gasteiger charge is -2.34. The van der Waals surface area contributed by atoms with Gasteiger partial charge in [-0.2, -0.15) is 0 Å². The molecule has 0 unspecified atom stereocenters. The van der Waals surface area contributed by atoms with E-state index < -0.39 is 11.6 Å². The number of aryl methyl sites for hydroxylation is 2. The number of rotatable bonds is 8. The fraction of sp³-hybridized carbons (Fsp3) is 0.333. The summed E-state index contributed by atoms with van der Waals surface area (Å²) in [7, 11) is 0. The van der Waals surface area contributed by atoms with E-state index in [1.54, 1.807) is 9.58 Å². The molecule has 2 heterocycles. The number of nitrogens with zero attached hydrogens (tertiary/aromatic N) is 4. The average Bonchev–Trinajstić information content (AvgIpc) is 3.49. The van der Waals surface area contributed by atoms with Crippen molar-refractivity contribution >= 4 is 39.9 Å². The molecule has 0 saturated carbocycles. The molecule has 2 aromatic heterocycles. The number of thiophene rings is 1.